The van der Waals surface area contributed by atoms with Gasteiger partial charge in [0.25, 0.3) is 5.91 Å². The van der Waals surface area contributed by atoms with E-state index in [1.54, 1.807) is 12.1 Å². The zero-order chi connectivity index (χ0) is 23.0. The lowest BCUT2D eigenvalue weighted by Crippen LogP contribution is -2.77. The molecule has 1 aliphatic heterocycles. The molecule has 4 aliphatic carbocycles. The maximum atomic E-state index is 12.8. The molecule has 0 radical (unpaired) electrons. The van der Waals surface area contributed by atoms with E-state index in [2.05, 4.69) is 20.3 Å². The summed E-state index contributed by atoms with van der Waals surface area (Å²) in [6, 6.07) is 5.40. The van der Waals surface area contributed by atoms with E-state index in [1.807, 2.05) is 6.07 Å². The highest BCUT2D eigenvalue weighted by atomic mass is 35.5. The molecule has 5 aliphatic rings. The summed E-state index contributed by atoms with van der Waals surface area (Å²) in [6.07, 6.45) is -2.16. The van der Waals surface area contributed by atoms with Gasteiger partial charge >= 0.3 is 6.36 Å². The molecule has 2 bridgehead atoms. The third-order valence-electron chi connectivity index (χ3n) is 7.32. The first-order chi connectivity index (χ1) is 15.6. The Morgan fingerprint density at radius 1 is 1.21 bits per heavy atom. The lowest BCUT2D eigenvalue weighted by Gasteiger charge is -2.68. The number of amides is 1. The van der Waals surface area contributed by atoms with Gasteiger partial charge in [0, 0.05) is 16.5 Å². The fourth-order valence-electron chi connectivity index (χ4n) is 5.70. The van der Waals surface area contributed by atoms with Gasteiger partial charge in [0.05, 0.1) is 11.5 Å². The van der Waals surface area contributed by atoms with Crippen molar-refractivity contribution in [2.75, 3.05) is 0 Å². The molecule has 0 spiro atoms. The highest BCUT2D eigenvalue weighted by Gasteiger charge is 2.72. The van der Waals surface area contributed by atoms with Crippen LogP contribution in [0.15, 0.2) is 22.6 Å². The smallest absolute Gasteiger partial charge is 0.480 e. The van der Waals surface area contributed by atoms with Crippen molar-refractivity contribution < 1.29 is 31.9 Å². The molecule has 1 atom stereocenters. The Morgan fingerprint density at radius 2 is 1.97 bits per heavy atom. The van der Waals surface area contributed by atoms with Crippen molar-refractivity contribution in [2.24, 2.45) is 0 Å². The zero-order valence-corrected chi connectivity index (χ0v) is 18.2. The van der Waals surface area contributed by atoms with Gasteiger partial charge in [-0.3, -0.25) is 9.53 Å². The number of benzene rings is 1. The standard InChI is InChI=1S/C22H21ClF3N3O4/c23-13-2-4-15-11(5-13)1-3-16(31-15)17(30)27-21-8-20(9-21,10-21)19-29-28-18(32-19)12-6-14(7-12)33-22(24,25)26/h2,4-5,12,14,16H,1,3,6-10H2,(H,27,30). The molecule has 2 aromatic rings. The second kappa shape index (κ2) is 7.09. The molecule has 2 heterocycles. The van der Waals surface area contributed by atoms with Crippen molar-refractivity contribution >= 4 is 17.5 Å². The highest BCUT2D eigenvalue weighted by Crippen LogP contribution is 2.67. The maximum absolute atomic E-state index is 12.8. The Kier molecular flexibility index (Phi) is 4.56. The summed E-state index contributed by atoms with van der Waals surface area (Å²) < 4.78 is 52.6. The van der Waals surface area contributed by atoms with Crippen molar-refractivity contribution in [3.05, 3.63) is 40.6 Å². The minimum Gasteiger partial charge on any atom is -0.480 e. The lowest BCUT2D eigenvalue weighted by atomic mass is 9.39. The van der Waals surface area contributed by atoms with E-state index in [0.29, 0.717) is 48.2 Å². The second-order valence-corrected chi connectivity index (χ2v) is 10.2. The first kappa shape index (κ1) is 21.2. The van der Waals surface area contributed by atoms with Crippen molar-refractivity contribution in [3.8, 4) is 5.75 Å². The highest BCUT2D eigenvalue weighted by molar-refractivity contribution is 6.30. The summed E-state index contributed by atoms with van der Waals surface area (Å²) in [7, 11) is 0. The SMILES string of the molecule is O=C(NC12CC(c3nnc(C4CC(OC(F)(F)F)C4)o3)(C1)C2)C1CCc2cc(Cl)ccc2O1. The number of halogens is 4. The van der Waals surface area contributed by atoms with Crippen LogP contribution in [0.5, 0.6) is 5.75 Å². The van der Waals surface area contributed by atoms with Crippen LogP contribution in [0, 0.1) is 0 Å². The van der Waals surface area contributed by atoms with E-state index >= 15 is 0 Å². The first-order valence-electron chi connectivity index (χ1n) is 11.0. The van der Waals surface area contributed by atoms with Crippen LogP contribution >= 0.6 is 11.6 Å². The quantitative estimate of drug-likeness (QED) is 0.686. The molecule has 7 nitrogen and oxygen atoms in total. The van der Waals surface area contributed by atoms with Crippen molar-refractivity contribution in [1.29, 1.82) is 0 Å². The van der Waals surface area contributed by atoms with Gasteiger partial charge in [-0.2, -0.15) is 0 Å². The van der Waals surface area contributed by atoms with Gasteiger partial charge in [-0.25, -0.2) is 0 Å². The molecule has 1 aromatic heterocycles. The van der Waals surface area contributed by atoms with Gasteiger partial charge in [-0.05, 0) is 68.7 Å². The second-order valence-electron chi connectivity index (χ2n) is 9.78. The van der Waals surface area contributed by atoms with Crippen LogP contribution in [0.1, 0.15) is 61.8 Å². The number of rotatable bonds is 5. The Labute approximate surface area is 192 Å². The molecule has 1 unspecified atom stereocenters. The largest absolute Gasteiger partial charge is 0.522 e. The summed E-state index contributed by atoms with van der Waals surface area (Å²) in [5.41, 5.74) is 0.476. The number of hydrogen-bond acceptors (Lipinski definition) is 6. The lowest BCUT2D eigenvalue weighted by molar-refractivity contribution is -0.352. The van der Waals surface area contributed by atoms with Crippen LogP contribution in [0.2, 0.25) is 5.02 Å². The Morgan fingerprint density at radius 3 is 2.70 bits per heavy atom. The van der Waals surface area contributed by atoms with Crippen LogP contribution in [-0.2, 0) is 21.4 Å². The van der Waals surface area contributed by atoms with Crippen LogP contribution in [-0.4, -0.2) is 40.2 Å². The normalized spacial score (nSPS) is 34.2. The van der Waals surface area contributed by atoms with E-state index in [-0.39, 0.29) is 35.6 Å². The third-order valence-corrected chi connectivity index (χ3v) is 7.55. The van der Waals surface area contributed by atoms with Crippen LogP contribution in [0.25, 0.3) is 0 Å². The van der Waals surface area contributed by atoms with Crippen LogP contribution in [0.3, 0.4) is 0 Å². The number of alkyl halides is 3. The molecule has 33 heavy (non-hydrogen) atoms. The number of nitrogens with one attached hydrogen (secondary N) is 1. The van der Waals surface area contributed by atoms with Crippen LogP contribution in [0.4, 0.5) is 13.2 Å². The van der Waals surface area contributed by atoms with Gasteiger partial charge in [0.15, 0.2) is 6.10 Å². The van der Waals surface area contributed by atoms with Crippen molar-refractivity contribution in [2.45, 2.75) is 80.4 Å². The Bertz CT molecular complexity index is 1090. The van der Waals surface area contributed by atoms with Crippen molar-refractivity contribution in [1.82, 2.24) is 15.5 Å². The van der Waals surface area contributed by atoms with Gasteiger partial charge in [0.1, 0.15) is 5.75 Å². The number of carbonyl (C=O) groups is 1. The fourth-order valence-corrected chi connectivity index (χ4v) is 5.89. The Balaban J connectivity index is 1.02. The molecular weight excluding hydrogens is 463 g/mol. The average molecular weight is 484 g/mol. The van der Waals surface area contributed by atoms with E-state index in [9.17, 15) is 18.0 Å². The predicted molar refractivity (Wildman–Crippen MR) is 108 cm³/mol. The van der Waals surface area contributed by atoms with Crippen molar-refractivity contribution in [3.63, 3.8) is 0 Å². The average Bonchev–Trinajstić information content (AvgIpc) is 3.13. The van der Waals surface area contributed by atoms with Gasteiger partial charge in [0.2, 0.25) is 11.8 Å². The zero-order valence-electron chi connectivity index (χ0n) is 17.5. The van der Waals surface area contributed by atoms with E-state index in [4.69, 9.17) is 20.8 Å². The number of ether oxygens (including phenoxy) is 2. The monoisotopic (exact) mass is 483 g/mol. The molecule has 4 saturated carbocycles. The summed E-state index contributed by atoms with van der Waals surface area (Å²) in [6.45, 7) is 0. The molecule has 0 saturated heterocycles. The van der Waals surface area contributed by atoms with E-state index < -0.39 is 18.6 Å². The number of aryl methyl sites for hydroxylation is 1. The molecule has 11 heteroatoms. The maximum Gasteiger partial charge on any atom is 0.522 e. The van der Waals surface area contributed by atoms with Crippen LogP contribution < -0.4 is 10.1 Å². The topological polar surface area (TPSA) is 86.5 Å². The summed E-state index contributed by atoms with van der Waals surface area (Å²) in [4.78, 5) is 12.8. The predicted octanol–water partition coefficient (Wildman–Crippen LogP) is 4.19. The molecule has 7 rings (SSSR count). The first-order valence-corrected chi connectivity index (χ1v) is 11.4. The summed E-state index contributed by atoms with van der Waals surface area (Å²) in [5, 5.41) is 12.0. The molecule has 1 N–H and O–H groups in total. The minimum absolute atomic E-state index is 0.125. The number of aromatic nitrogens is 2. The molecular formula is C22H21ClF3N3O4. The summed E-state index contributed by atoms with van der Waals surface area (Å²) >= 11 is 6.02. The fraction of sp³-hybridized carbons (Fsp3) is 0.591. The number of fused-ring (bicyclic) bond motifs is 1. The number of hydrogen-bond donors (Lipinski definition) is 1. The van der Waals surface area contributed by atoms with E-state index in [0.717, 1.165) is 12.0 Å². The molecule has 1 aromatic carbocycles. The molecule has 1 amide bonds. The number of carbonyl (C=O) groups excluding carboxylic acids is 1. The Hall–Kier alpha value is -2.33. The van der Waals surface area contributed by atoms with E-state index in [1.165, 1.54) is 0 Å². The number of nitrogens with zero attached hydrogens (tertiary/aromatic N) is 2. The summed E-state index contributed by atoms with van der Waals surface area (Å²) in [5.74, 6) is 1.23. The van der Waals surface area contributed by atoms with Gasteiger partial charge in [-0.1, -0.05) is 11.6 Å². The minimum atomic E-state index is -4.63. The molecule has 4 fully saturated rings. The third kappa shape index (κ3) is 3.67. The molecule has 176 valence electrons. The van der Waals surface area contributed by atoms with Gasteiger partial charge < -0.3 is 14.5 Å². The van der Waals surface area contributed by atoms with Gasteiger partial charge in [-0.15, -0.1) is 23.4 Å².